The number of carbonyl (C=O) groups is 1. The van der Waals surface area contributed by atoms with E-state index in [2.05, 4.69) is 87.4 Å². The quantitative estimate of drug-likeness (QED) is 0.135. The zero-order valence-electron chi connectivity index (χ0n) is 28.4. The van der Waals surface area contributed by atoms with E-state index in [1.165, 1.54) is 18.1 Å². The average Bonchev–Trinajstić information content (AvgIpc) is 3.01. The molecule has 4 rings (SSSR count). The van der Waals surface area contributed by atoms with E-state index in [0.29, 0.717) is 36.7 Å². The fraction of sp³-hybridized carbons (Fsp3) is 0.359. The second-order valence-corrected chi connectivity index (χ2v) is 18.4. The highest BCUT2D eigenvalue weighted by atomic mass is 28.4. The normalized spacial score (nSPS) is 13.2. The van der Waals surface area contributed by atoms with Crippen molar-refractivity contribution in [1.29, 1.82) is 0 Å². The number of aliphatic hydroxyl groups excluding tert-OH is 1. The van der Waals surface area contributed by atoms with Crippen molar-refractivity contribution in [3.05, 3.63) is 125 Å². The molecule has 4 aromatic rings. The predicted molar refractivity (Wildman–Crippen MR) is 191 cm³/mol. The summed E-state index contributed by atoms with van der Waals surface area (Å²) >= 11 is 0. The lowest BCUT2D eigenvalue weighted by molar-refractivity contribution is -0.114. The highest BCUT2D eigenvalue weighted by molar-refractivity contribution is 6.74. The lowest BCUT2D eigenvalue weighted by atomic mass is 10.0. The van der Waals surface area contributed by atoms with Crippen molar-refractivity contribution in [2.24, 2.45) is 0 Å². The van der Waals surface area contributed by atoms with Gasteiger partial charge in [-0.1, -0.05) is 99.6 Å². The van der Waals surface area contributed by atoms with Crippen LogP contribution in [-0.2, 0) is 24.4 Å². The molecular weight excluding hydrogens is 589 g/mol. The van der Waals surface area contributed by atoms with Gasteiger partial charge in [0.15, 0.2) is 0 Å². The minimum absolute atomic E-state index is 0.136. The lowest BCUT2D eigenvalue weighted by Crippen LogP contribution is -2.43. The van der Waals surface area contributed by atoms with E-state index in [1.54, 1.807) is 0 Å². The Balaban J connectivity index is 1.50. The molecule has 1 amide bonds. The third kappa shape index (κ3) is 10.0. The summed E-state index contributed by atoms with van der Waals surface area (Å²) in [7, 11) is -1.91. The summed E-state index contributed by atoms with van der Waals surface area (Å²) in [4.78, 5) is 14.4. The van der Waals surface area contributed by atoms with Crippen molar-refractivity contribution < 1.29 is 19.1 Å². The molecule has 0 aromatic heterocycles. The Labute approximate surface area is 276 Å². The molecule has 2 atom stereocenters. The number of ether oxygens (including phenoxy) is 1. The maximum Gasteiger partial charge on any atom is 0.250 e. The van der Waals surface area contributed by atoms with Gasteiger partial charge in [-0.05, 0) is 78.0 Å². The van der Waals surface area contributed by atoms with Crippen LogP contribution in [0.3, 0.4) is 0 Å². The van der Waals surface area contributed by atoms with E-state index in [-0.39, 0.29) is 17.0 Å². The van der Waals surface area contributed by atoms with Crippen LogP contribution < -0.4 is 14.5 Å². The van der Waals surface area contributed by atoms with E-state index < -0.39 is 14.4 Å². The number of hydrogen-bond acceptors (Lipinski definition) is 5. The highest BCUT2D eigenvalue weighted by Gasteiger charge is 2.39. The van der Waals surface area contributed by atoms with Crippen LogP contribution in [0.5, 0.6) is 11.5 Å². The van der Waals surface area contributed by atoms with Crippen molar-refractivity contribution in [2.75, 3.05) is 11.9 Å². The standard InChI is InChI=1S/C39H50N2O4Si/c1-29(24-31-18-21-35(22-19-31)45-46(6,7)39(3,4)5)41(26-32-14-10-8-11-15-32)27-37(43)34-20-23-38(36(25-34)40-30(2)42)44-28-33-16-12-9-13-17-33/h8-23,25,29,37,43H,24,26-28H2,1-7H3,(H,40,42)/t29-,37-/m1/s1. The zero-order valence-corrected chi connectivity index (χ0v) is 29.4. The molecule has 0 bridgehead atoms. The number of amides is 1. The molecule has 7 heteroatoms. The van der Waals surface area contributed by atoms with E-state index in [4.69, 9.17) is 9.16 Å². The van der Waals surface area contributed by atoms with Gasteiger partial charge < -0.3 is 19.6 Å². The number of anilines is 1. The Morgan fingerprint density at radius 3 is 2.07 bits per heavy atom. The van der Waals surface area contributed by atoms with Crippen LogP contribution in [0.2, 0.25) is 18.1 Å². The summed E-state index contributed by atoms with van der Waals surface area (Å²) in [6.07, 6.45) is 0.0470. The van der Waals surface area contributed by atoms with E-state index in [1.807, 2.05) is 66.7 Å². The zero-order chi connectivity index (χ0) is 33.3. The summed E-state index contributed by atoms with van der Waals surface area (Å²) in [6, 6.07) is 34.4. The average molecular weight is 639 g/mol. The van der Waals surface area contributed by atoms with Crippen molar-refractivity contribution in [2.45, 2.75) is 84.5 Å². The van der Waals surface area contributed by atoms with Crippen LogP contribution in [0.4, 0.5) is 5.69 Å². The molecular formula is C39H50N2O4Si. The van der Waals surface area contributed by atoms with Crippen molar-refractivity contribution >= 4 is 19.9 Å². The third-order valence-corrected chi connectivity index (χ3v) is 13.2. The maximum absolute atomic E-state index is 12.1. The molecule has 0 saturated carbocycles. The maximum atomic E-state index is 12.1. The minimum Gasteiger partial charge on any atom is -0.544 e. The molecule has 0 spiro atoms. The topological polar surface area (TPSA) is 71.0 Å². The molecule has 0 saturated heterocycles. The van der Waals surface area contributed by atoms with Gasteiger partial charge in [-0.15, -0.1) is 0 Å². The van der Waals surface area contributed by atoms with E-state index in [0.717, 1.165) is 17.7 Å². The second kappa shape index (κ2) is 15.6. The van der Waals surface area contributed by atoms with Crippen LogP contribution in [0, 0.1) is 0 Å². The number of aliphatic hydroxyl groups is 1. The van der Waals surface area contributed by atoms with Gasteiger partial charge in [0, 0.05) is 26.1 Å². The molecule has 4 aromatic carbocycles. The monoisotopic (exact) mass is 638 g/mol. The Morgan fingerprint density at radius 1 is 0.870 bits per heavy atom. The SMILES string of the molecule is CC(=O)Nc1cc([C@H](O)CN(Cc2ccccc2)[C@H](C)Cc2ccc(O[Si](C)(C)C(C)(C)C)cc2)ccc1OCc1ccccc1. The van der Waals surface area contributed by atoms with Crippen LogP contribution in [0.15, 0.2) is 103 Å². The Morgan fingerprint density at radius 2 is 1.48 bits per heavy atom. The van der Waals surface area contributed by atoms with Crippen molar-refractivity contribution in [3.63, 3.8) is 0 Å². The first-order valence-electron chi connectivity index (χ1n) is 16.1. The molecule has 0 aliphatic rings. The lowest BCUT2D eigenvalue weighted by Gasteiger charge is -2.36. The Bertz CT molecular complexity index is 1540. The van der Waals surface area contributed by atoms with Crippen LogP contribution in [-0.4, -0.2) is 36.8 Å². The smallest absolute Gasteiger partial charge is 0.250 e. The number of nitrogens with zero attached hydrogens (tertiary/aromatic N) is 1. The van der Waals surface area contributed by atoms with Gasteiger partial charge in [0.1, 0.15) is 18.1 Å². The van der Waals surface area contributed by atoms with Gasteiger partial charge in [-0.25, -0.2) is 0 Å². The number of benzene rings is 4. The van der Waals surface area contributed by atoms with E-state index in [9.17, 15) is 9.90 Å². The van der Waals surface area contributed by atoms with Crippen LogP contribution in [0.25, 0.3) is 0 Å². The minimum atomic E-state index is -1.91. The first kappa shape index (κ1) is 35.0. The summed E-state index contributed by atoms with van der Waals surface area (Å²) in [6.45, 7) is 16.5. The number of rotatable bonds is 14. The van der Waals surface area contributed by atoms with Gasteiger partial charge in [0.25, 0.3) is 0 Å². The molecule has 0 radical (unpaired) electrons. The van der Waals surface area contributed by atoms with Crippen LogP contribution in [0.1, 0.15) is 63.0 Å². The number of carbonyl (C=O) groups excluding carboxylic acids is 1. The van der Waals surface area contributed by atoms with E-state index >= 15 is 0 Å². The molecule has 0 aliphatic heterocycles. The molecule has 2 N–H and O–H groups in total. The molecule has 0 fully saturated rings. The van der Waals surface area contributed by atoms with Crippen LogP contribution >= 0.6 is 0 Å². The van der Waals surface area contributed by atoms with Crippen molar-refractivity contribution in [1.82, 2.24) is 4.90 Å². The number of nitrogens with one attached hydrogen (secondary N) is 1. The molecule has 6 nitrogen and oxygen atoms in total. The van der Waals surface area contributed by atoms with Gasteiger partial charge in [0.05, 0.1) is 11.8 Å². The molecule has 0 unspecified atom stereocenters. The van der Waals surface area contributed by atoms with Gasteiger partial charge in [-0.2, -0.15) is 0 Å². The Hall–Kier alpha value is -3.91. The third-order valence-electron chi connectivity index (χ3n) is 8.83. The summed E-state index contributed by atoms with van der Waals surface area (Å²) in [5.41, 5.74) is 4.69. The fourth-order valence-corrected chi connectivity index (χ4v) is 6.09. The summed E-state index contributed by atoms with van der Waals surface area (Å²) in [5.74, 6) is 1.28. The first-order chi connectivity index (χ1) is 21.8. The summed E-state index contributed by atoms with van der Waals surface area (Å²) < 4.78 is 12.6. The van der Waals surface area contributed by atoms with Gasteiger partial charge >= 0.3 is 0 Å². The Kier molecular flexibility index (Phi) is 11.8. The first-order valence-corrected chi connectivity index (χ1v) is 19.0. The van der Waals surface area contributed by atoms with Gasteiger partial charge in [-0.3, -0.25) is 9.69 Å². The molecule has 0 heterocycles. The highest BCUT2D eigenvalue weighted by Crippen LogP contribution is 2.37. The second-order valence-electron chi connectivity index (χ2n) is 13.7. The fourth-order valence-electron chi connectivity index (χ4n) is 5.06. The van der Waals surface area contributed by atoms with Gasteiger partial charge in [0.2, 0.25) is 14.2 Å². The largest absolute Gasteiger partial charge is 0.544 e. The molecule has 0 aliphatic carbocycles. The summed E-state index contributed by atoms with van der Waals surface area (Å²) in [5, 5.41) is 14.6. The molecule has 46 heavy (non-hydrogen) atoms. The number of hydrogen-bond donors (Lipinski definition) is 2. The predicted octanol–water partition coefficient (Wildman–Crippen LogP) is 8.77. The van der Waals surface area contributed by atoms with Crippen molar-refractivity contribution in [3.8, 4) is 11.5 Å². The molecule has 244 valence electrons.